The summed E-state index contributed by atoms with van der Waals surface area (Å²) < 4.78 is 11.1. The molecule has 3 aliphatic heterocycles. The first-order valence-electron chi connectivity index (χ1n) is 11.2. The van der Waals surface area contributed by atoms with Crippen LogP contribution in [-0.2, 0) is 9.59 Å². The number of hydrogen-bond acceptors (Lipinski definition) is 5. The van der Waals surface area contributed by atoms with E-state index in [0.717, 1.165) is 44.6 Å². The molecule has 8 heteroatoms. The second kappa shape index (κ2) is 10.4. The van der Waals surface area contributed by atoms with Crippen LogP contribution in [-0.4, -0.2) is 85.5 Å². The zero-order valence-corrected chi connectivity index (χ0v) is 18.6. The number of likely N-dealkylation sites (tertiary alicyclic amines) is 1. The number of benzene rings is 1. The van der Waals surface area contributed by atoms with Crippen molar-refractivity contribution < 1.29 is 19.1 Å². The number of hydrogen-bond donors (Lipinski definition) is 0. The van der Waals surface area contributed by atoms with Gasteiger partial charge in [-0.3, -0.25) is 14.5 Å². The molecule has 3 aliphatic rings. The smallest absolute Gasteiger partial charge is 0.246 e. The molecule has 31 heavy (non-hydrogen) atoms. The number of piperazine rings is 1. The summed E-state index contributed by atoms with van der Waals surface area (Å²) in [5.74, 6) is 1.34. The van der Waals surface area contributed by atoms with Crippen LogP contribution in [0.2, 0.25) is 5.02 Å². The Balaban J connectivity index is 1.26. The van der Waals surface area contributed by atoms with E-state index in [4.69, 9.17) is 21.1 Å². The van der Waals surface area contributed by atoms with Crippen LogP contribution in [0.5, 0.6) is 11.5 Å². The standard InChI is InChI=1S/C23H30ClN3O4/c24-19-15-18(16-20-23(19)31-14-13-30-20)5-6-21(28)27-11-9-25(10-12-27)17-22(29)26-7-3-1-2-4-8-26/h5-6,15-16H,1-4,7-14,17H2/b6-5+. The number of nitrogens with zero attached hydrogens (tertiary/aromatic N) is 3. The molecule has 0 spiro atoms. The van der Waals surface area contributed by atoms with Crippen LogP contribution < -0.4 is 9.47 Å². The minimum atomic E-state index is -0.0375. The van der Waals surface area contributed by atoms with E-state index < -0.39 is 0 Å². The molecule has 4 rings (SSSR count). The molecule has 0 aliphatic carbocycles. The Bertz CT molecular complexity index is 828. The normalized spacial score (nSPS) is 20.0. The number of halogens is 1. The number of fused-ring (bicyclic) bond motifs is 1. The van der Waals surface area contributed by atoms with Gasteiger partial charge in [-0.25, -0.2) is 0 Å². The average molecular weight is 448 g/mol. The third kappa shape index (κ3) is 5.71. The van der Waals surface area contributed by atoms with Crippen molar-refractivity contribution in [2.24, 2.45) is 0 Å². The molecule has 2 fully saturated rings. The minimum absolute atomic E-state index is 0.0375. The molecule has 0 saturated carbocycles. The quantitative estimate of drug-likeness (QED) is 0.664. The lowest BCUT2D eigenvalue weighted by molar-refractivity contribution is -0.133. The van der Waals surface area contributed by atoms with Crippen LogP contribution in [0.1, 0.15) is 31.2 Å². The molecule has 0 N–H and O–H groups in total. The van der Waals surface area contributed by atoms with Crippen molar-refractivity contribution in [1.82, 2.24) is 14.7 Å². The van der Waals surface area contributed by atoms with Gasteiger partial charge in [0.2, 0.25) is 11.8 Å². The molecule has 0 radical (unpaired) electrons. The van der Waals surface area contributed by atoms with E-state index in [1.165, 1.54) is 12.8 Å². The lowest BCUT2D eigenvalue weighted by Crippen LogP contribution is -2.51. The van der Waals surface area contributed by atoms with Crippen molar-refractivity contribution in [1.29, 1.82) is 0 Å². The van der Waals surface area contributed by atoms with Gasteiger partial charge in [0.1, 0.15) is 13.2 Å². The van der Waals surface area contributed by atoms with E-state index in [1.807, 2.05) is 15.9 Å². The van der Waals surface area contributed by atoms with Gasteiger partial charge in [0.15, 0.2) is 11.5 Å². The highest BCUT2D eigenvalue weighted by Crippen LogP contribution is 2.38. The molecule has 168 valence electrons. The highest BCUT2D eigenvalue weighted by molar-refractivity contribution is 6.32. The van der Waals surface area contributed by atoms with Gasteiger partial charge < -0.3 is 19.3 Å². The Morgan fingerprint density at radius 3 is 2.35 bits per heavy atom. The Kier molecular flexibility index (Phi) is 7.35. The molecule has 7 nitrogen and oxygen atoms in total. The van der Waals surface area contributed by atoms with Gasteiger partial charge in [-0.2, -0.15) is 0 Å². The number of ether oxygens (including phenoxy) is 2. The second-order valence-corrected chi connectivity index (χ2v) is 8.66. The van der Waals surface area contributed by atoms with Crippen LogP contribution in [0, 0.1) is 0 Å². The van der Waals surface area contributed by atoms with Gasteiger partial charge >= 0.3 is 0 Å². The summed E-state index contributed by atoms with van der Waals surface area (Å²) in [5, 5.41) is 0.479. The Labute approximate surface area is 188 Å². The van der Waals surface area contributed by atoms with Crippen LogP contribution in [0.15, 0.2) is 18.2 Å². The van der Waals surface area contributed by atoms with E-state index in [2.05, 4.69) is 4.90 Å². The van der Waals surface area contributed by atoms with E-state index in [-0.39, 0.29) is 11.8 Å². The SMILES string of the molecule is O=C(/C=C/c1cc(Cl)c2c(c1)OCCO2)N1CCN(CC(=O)N2CCCCCC2)CC1. The molecule has 0 atom stereocenters. The van der Waals surface area contributed by atoms with Crippen molar-refractivity contribution >= 4 is 29.5 Å². The van der Waals surface area contributed by atoms with Gasteiger partial charge in [0, 0.05) is 45.3 Å². The largest absolute Gasteiger partial charge is 0.486 e. The van der Waals surface area contributed by atoms with Crippen molar-refractivity contribution in [3.63, 3.8) is 0 Å². The maximum atomic E-state index is 12.6. The van der Waals surface area contributed by atoms with Gasteiger partial charge in [-0.05, 0) is 36.6 Å². The fraction of sp³-hybridized carbons (Fsp3) is 0.565. The van der Waals surface area contributed by atoms with Crippen molar-refractivity contribution in [3.05, 3.63) is 28.8 Å². The third-order valence-corrected chi connectivity index (χ3v) is 6.32. The van der Waals surface area contributed by atoms with E-state index in [1.54, 1.807) is 18.2 Å². The van der Waals surface area contributed by atoms with Crippen LogP contribution in [0.3, 0.4) is 0 Å². The Morgan fingerprint density at radius 1 is 0.903 bits per heavy atom. The summed E-state index contributed by atoms with van der Waals surface area (Å²) in [5.41, 5.74) is 0.796. The summed E-state index contributed by atoms with van der Waals surface area (Å²) in [6, 6.07) is 3.60. The fourth-order valence-electron chi connectivity index (χ4n) is 4.24. The van der Waals surface area contributed by atoms with E-state index >= 15 is 0 Å². The Morgan fingerprint density at radius 2 is 1.61 bits per heavy atom. The molecule has 1 aromatic carbocycles. The van der Waals surface area contributed by atoms with Gasteiger partial charge in [-0.15, -0.1) is 0 Å². The van der Waals surface area contributed by atoms with Gasteiger partial charge in [0.25, 0.3) is 0 Å². The molecule has 0 unspecified atom stereocenters. The van der Waals surface area contributed by atoms with Crippen LogP contribution in [0.4, 0.5) is 0 Å². The highest BCUT2D eigenvalue weighted by Gasteiger charge is 2.24. The zero-order chi connectivity index (χ0) is 21.6. The number of rotatable bonds is 4. The topological polar surface area (TPSA) is 62.3 Å². The number of carbonyl (C=O) groups is 2. The average Bonchev–Trinajstić information content (AvgIpc) is 3.08. The maximum Gasteiger partial charge on any atom is 0.246 e. The molecule has 1 aromatic rings. The number of carbonyl (C=O) groups excluding carboxylic acids is 2. The predicted molar refractivity (Wildman–Crippen MR) is 120 cm³/mol. The van der Waals surface area contributed by atoms with E-state index in [0.29, 0.717) is 49.4 Å². The third-order valence-electron chi connectivity index (χ3n) is 6.04. The van der Waals surface area contributed by atoms with Gasteiger partial charge in [-0.1, -0.05) is 24.4 Å². The molecule has 2 amide bonds. The first kappa shape index (κ1) is 22.0. The maximum absolute atomic E-state index is 12.6. The van der Waals surface area contributed by atoms with E-state index in [9.17, 15) is 9.59 Å². The summed E-state index contributed by atoms with van der Waals surface area (Å²) in [6.07, 6.45) is 7.97. The first-order chi connectivity index (χ1) is 15.1. The fourth-order valence-corrected chi connectivity index (χ4v) is 4.51. The first-order valence-corrected chi connectivity index (χ1v) is 11.5. The van der Waals surface area contributed by atoms with Crippen LogP contribution in [0.25, 0.3) is 6.08 Å². The summed E-state index contributed by atoms with van der Waals surface area (Å²) in [7, 11) is 0. The van der Waals surface area contributed by atoms with Crippen molar-refractivity contribution in [2.45, 2.75) is 25.7 Å². The second-order valence-electron chi connectivity index (χ2n) is 8.26. The predicted octanol–water partition coefficient (Wildman–Crippen LogP) is 2.67. The molecule has 3 heterocycles. The summed E-state index contributed by atoms with van der Waals surface area (Å²) in [6.45, 7) is 5.86. The lowest BCUT2D eigenvalue weighted by atomic mass is 10.1. The minimum Gasteiger partial charge on any atom is -0.486 e. The van der Waals surface area contributed by atoms with Crippen LogP contribution >= 0.6 is 11.6 Å². The van der Waals surface area contributed by atoms with Gasteiger partial charge in [0.05, 0.1) is 11.6 Å². The summed E-state index contributed by atoms with van der Waals surface area (Å²) >= 11 is 6.26. The summed E-state index contributed by atoms with van der Waals surface area (Å²) in [4.78, 5) is 31.2. The lowest BCUT2D eigenvalue weighted by Gasteiger charge is -2.35. The zero-order valence-electron chi connectivity index (χ0n) is 17.9. The molecular formula is C23H30ClN3O4. The van der Waals surface area contributed by atoms with Crippen molar-refractivity contribution in [3.8, 4) is 11.5 Å². The number of amides is 2. The molecule has 0 aromatic heterocycles. The Hall–Kier alpha value is -2.25. The van der Waals surface area contributed by atoms with Crippen molar-refractivity contribution in [2.75, 3.05) is 59.0 Å². The molecular weight excluding hydrogens is 418 g/mol. The highest BCUT2D eigenvalue weighted by atomic mass is 35.5. The molecule has 2 saturated heterocycles. The molecule has 0 bridgehead atoms. The monoisotopic (exact) mass is 447 g/mol.